The number of aromatic nitrogens is 3. The third kappa shape index (κ3) is 6.53. The van der Waals surface area contributed by atoms with E-state index in [9.17, 15) is 18.3 Å². The van der Waals surface area contributed by atoms with Crippen molar-refractivity contribution in [1.29, 1.82) is 0 Å². The molecule has 0 radical (unpaired) electrons. The molecule has 0 spiro atoms. The first-order valence-corrected chi connectivity index (χ1v) is 6.11. The zero-order valence-electron chi connectivity index (χ0n) is 10.7. The lowest BCUT2D eigenvalue weighted by Crippen LogP contribution is -2.21. The maximum atomic E-state index is 11.8. The van der Waals surface area contributed by atoms with Crippen molar-refractivity contribution in [1.82, 2.24) is 14.8 Å². The number of nitrogens with zero attached hydrogens (tertiary/aromatic N) is 3. The summed E-state index contributed by atoms with van der Waals surface area (Å²) in [6.07, 6.45) is -2.43. The van der Waals surface area contributed by atoms with Crippen molar-refractivity contribution in [2.75, 3.05) is 13.2 Å². The summed E-state index contributed by atoms with van der Waals surface area (Å²) in [5.41, 5.74) is 0. The number of hydrogen-bond acceptors (Lipinski definition) is 4. The van der Waals surface area contributed by atoms with Gasteiger partial charge >= 0.3 is 6.18 Å². The highest BCUT2D eigenvalue weighted by atomic mass is 19.4. The first-order chi connectivity index (χ1) is 8.92. The van der Waals surface area contributed by atoms with E-state index in [1.54, 1.807) is 4.68 Å². The van der Waals surface area contributed by atoms with Crippen LogP contribution in [0, 0.1) is 0 Å². The van der Waals surface area contributed by atoms with E-state index in [4.69, 9.17) is 0 Å². The van der Waals surface area contributed by atoms with Gasteiger partial charge in [-0.1, -0.05) is 6.92 Å². The molecule has 19 heavy (non-hydrogen) atoms. The summed E-state index contributed by atoms with van der Waals surface area (Å²) < 4.78 is 41.6. The molecule has 1 aromatic heterocycles. The highest BCUT2D eigenvalue weighted by Crippen LogP contribution is 2.14. The zero-order chi connectivity index (χ0) is 14.3. The van der Waals surface area contributed by atoms with Crippen molar-refractivity contribution in [2.45, 2.75) is 45.0 Å². The van der Waals surface area contributed by atoms with Crippen molar-refractivity contribution >= 4 is 0 Å². The van der Waals surface area contributed by atoms with Crippen molar-refractivity contribution in [3.63, 3.8) is 0 Å². The van der Waals surface area contributed by atoms with Gasteiger partial charge in [0, 0.05) is 19.6 Å². The summed E-state index contributed by atoms with van der Waals surface area (Å²) in [7, 11) is 0. The normalized spacial score (nSPS) is 13.7. The van der Waals surface area contributed by atoms with Gasteiger partial charge in [-0.3, -0.25) is 4.68 Å². The van der Waals surface area contributed by atoms with Crippen LogP contribution in [0.25, 0.3) is 0 Å². The van der Waals surface area contributed by atoms with E-state index in [0.29, 0.717) is 12.4 Å². The molecule has 1 N–H and O–H groups in total. The first-order valence-electron chi connectivity index (χ1n) is 6.11. The van der Waals surface area contributed by atoms with Gasteiger partial charge < -0.3 is 9.84 Å². The summed E-state index contributed by atoms with van der Waals surface area (Å²) >= 11 is 0. The number of rotatable bonds is 8. The first kappa shape index (κ1) is 15.9. The van der Waals surface area contributed by atoms with Gasteiger partial charge in [-0.2, -0.15) is 18.3 Å². The van der Waals surface area contributed by atoms with Gasteiger partial charge in [0.15, 0.2) is 0 Å². The molecule has 0 aliphatic heterocycles. The van der Waals surface area contributed by atoms with Crippen LogP contribution in [0.5, 0.6) is 0 Å². The molecule has 110 valence electrons. The number of aryl methyl sites for hydroxylation is 1. The van der Waals surface area contributed by atoms with Crippen LogP contribution in [-0.4, -0.2) is 45.4 Å². The van der Waals surface area contributed by atoms with E-state index in [1.165, 1.54) is 6.33 Å². The smallest absolute Gasteiger partial charge is 0.393 e. The van der Waals surface area contributed by atoms with Gasteiger partial charge in [0.2, 0.25) is 0 Å². The Morgan fingerprint density at radius 3 is 2.84 bits per heavy atom. The molecule has 0 aliphatic carbocycles. The van der Waals surface area contributed by atoms with Gasteiger partial charge in [0.05, 0.1) is 6.10 Å². The van der Waals surface area contributed by atoms with Gasteiger partial charge in [0.25, 0.3) is 0 Å². The summed E-state index contributed by atoms with van der Waals surface area (Å²) in [6.45, 7) is 1.27. The number of halogens is 3. The Labute approximate surface area is 109 Å². The molecule has 0 aliphatic rings. The Morgan fingerprint density at radius 1 is 1.47 bits per heavy atom. The lowest BCUT2D eigenvalue weighted by Gasteiger charge is -2.12. The average Bonchev–Trinajstić information content (AvgIpc) is 2.72. The van der Waals surface area contributed by atoms with E-state index in [2.05, 4.69) is 14.8 Å². The second-order valence-corrected chi connectivity index (χ2v) is 4.21. The van der Waals surface area contributed by atoms with Crippen molar-refractivity contribution in [3.05, 3.63) is 12.2 Å². The predicted octanol–water partition coefficient (Wildman–Crippen LogP) is 1.56. The summed E-state index contributed by atoms with van der Waals surface area (Å²) in [5, 5.41) is 13.7. The van der Waals surface area contributed by atoms with Crippen LogP contribution in [0.15, 0.2) is 6.33 Å². The molecular formula is C11H18F3N3O2. The monoisotopic (exact) mass is 281 g/mol. The van der Waals surface area contributed by atoms with Crippen LogP contribution in [-0.2, 0) is 17.7 Å². The average molecular weight is 281 g/mol. The van der Waals surface area contributed by atoms with Crippen LogP contribution in [0.4, 0.5) is 13.2 Å². The fourth-order valence-electron chi connectivity index (χ4n) is 1.56. The minimum absolute atomic E-state index is 0.134. The SMILES string of the molecule is CCCn1ncnc1CC(O)CCOCC(F)(F)F. The quantitative estimate of drug-likeness (QED) is 0.735. The second-order valence-electron chi connectivity index (χ2n) is 4.21. The molecular weight excluding hydrogens is 263 g/mol. The van der Waals surface area contributed by atoms with Gasteiger partial charge in [0.1, 0.15) is 18.8 Å². The van der Waals surface area contributed by atoms with E-state index in [0.717, 1.165) is 6.42 Å². The maximum Gasteiger partial charge on any atom is 0.411 e. The van der Waals surface area contributed by atoms with Gasteiger partial charge in [-0.15, -0.1) is 0 Å². The highest BCUT2D eigenvalue weighted by Gasteiger charge is 2.27. The van der Waals surface area contributed by atoms with E-state index in [-0.39, 0.29) is 19.4 Å². The molecule has 0 aromatic carbocycles. The van der Waals surface area contributed by atoms with Crippen LogP contribution >= 0.6 is 0 Å². The molecule has 5 nitrogen and oxygen atoms in total. The molecule has 1 heterocycles. The molecule has 1 aromatic rings. The number of aliphatic hydroxyl groups is 1. The summed E-state index contributed by atoms with van der Waals surface area (Å²) in [5.74, 6) is 0.630. The Hall–Kier alpha value is -1.15. The minimum Gasteiger partial charge on any atom is -0.393 e. The largest absolute Gasteiger partial charge is 0.411 e. The van der Waals surface area contributed by atoms with Crippen LogP contribution in [0.1, 0.15) is 25.6 Å². The third-order valence-electron chi connectivity index (χ3n) is 2.41. The van der Waals surface area contributed by atoms with Crippen molar-refractivity contribution in [2.24, 2.45) is 0 Å². The molecule has 1 unspecified atom stereocenters. The fourth-order valence-corrected chi connectivity index (χ4v) is 1.56. The zero-order valence-corrected chi connectivity index (χ0v) is 10.7. The van der Waals surface area contributed by atoms with Crippen LogP contribution < -0.4 is 0 Å². The Kier molecular flexibility index (Phi) is 6.23. The van der Waals surface area contributed by atoms with E-state index in [1.807, 2.05) is 6.92 Å². The Bertz CT molecular complexity index is 368. The van der Waals surface area contributed by atoms with E-state index >= 15 is 0 Å². The molecule has 8 heteroatoms. The highest BCUT2D eigenvalue weighted by molar-refractivity contribution is 4.87. The minimum atomic E-state index is -4.33. The van der Waals surface area contributed by atoms with Crippen LogP contribution in [0.3, 0.4) is 0 Å². The molecule has 0 saturated heterocycles. The Morgan fingerprint density at radius 2 is 2.21 bits per heavy atom. The molecule has 0 fully saturated rings. The number of hydrogen-bond donors (Lipinski definition) is 1. The number of ether oxygens (including phenoxy) is 1. The third-order valence-corrected chi connectivity index (χ3v) is 2.41. The standard InChI is InChI=1S/C11H18F3N3O2/c1-2-4-17-10(15-8-16-17)6-9(18)3-5-19-7-11(12,13)14/h8-9,18H,2-7H2,1H3. The fraction of sp³-hybridized carbons (Fsp3) is 0.818. The Balaban J connectivity index is 2.27. The second kappa shape index (κ2) is 7.44. The number of alkyl halides is 3. The lowest BCUT2D eigenvalue weighted by atomic mass is 10.2. The van der Waals surface area contributed by atoms with Crippen molar-refractivity contribution < 1.29 is 23.0 Å². The molecule has 1 atom stereocenters. The molecule has 0 amide bonds. The van der Waals surface area contributed by atoms with Gasteiger partial charge in [-0.05, 0) is 12.8 Å². The maximum absolute atomic E-state index is 11.8. The topological polar surface area (TPSA) is 60.2 Å². The predicted molar refractivity (Wildman–Crippen MR) is 61.5 cm³/mol. The van der Waals surface area contributed by atoms with E-state index < -0.39 is 18.9 Å². The lowest BCUT2D eigenvalue weighted by molar-refractivity contribution is -0.175. The van der Waals surface area contributed by atoms with Crippen LogP contribution in [0.2, 0.25) is 0 Å². The molecule has 0 saturated carbocycles. The number of aliphatic hydroxyl groups excluding tert-OH is 1. The molecule has 0 bridgehead atoms. The summed E-state index contributed by atoms with van der Waals surface area (Å²) in [4.78, 5) is 4.01. The van der Waals surface area contributed by atoms with Gasteiger partial charge in [-0.25, -0.2) is 4.98 Å². The summed E-state index contributed by atoms with van der Waals surface area (Å²) in [6, 6.07) is 0. The molecule has 1 rings (SSSR count). The van der Waals surface area contributed by atoms with Crippen molar-refractivity contribution in [3.8, 4) is 0 Å².